The van der Waals surface area contributed by atoms with Gasteiger partial charge in [-0.2, -0.15) is 0 Å². The molecular formula is C17H21Cl2N3O3. The van der Waals surface area contributed by atoms with Crippen molar-refractivity contribution in [3.05, 3.63) is 33.8 Å². The number of amides is 3. The molecule has 3 N–H and O–H groups in total. The largest absolute Gasteiger partial charge is 0.354 e. The summed E-state index contributed by atoms with van der Waals surface area (Å²) in [6.45, 7) is 3.49. The van der Waals surface area contributed by atoms with Crippen LogP contribution in [0.2, 0.25) is 10.0 Å². The van der Waals surface area contributed by atoms with Crippen LogP contribution < -0.4 is 16.0 Å². The molecular weight excluding hydrogens is 365 g/mol. The van der Waals surface area contributed by atoms with Crippen LogP contribution in [0.4, 0.5) is 0 Å². The molecule has 2 rings (SSSR count). The lowest BCUT2D eigenvalue weighted by atomic mass is 10.00. The number of piperidine rings is 1. The molecule has 1 heterocycles. The number of carbonyl (C=O) groups excluding carboxylic acids is 3. The molecule has 3 atom stereocenters. The number of nitrogens with one attached hydrogen (secondary N) is 3. The van der Waals surface area contributed by atoms with Gasteiger partial charge in [0.2, 0.25) is 17.7 Å². The van der Waals surface area contributed by atoms with Gasteiger partial charge in [-0.1, -0.05) is 29.3 Å². The molecule has 0 spiro atoms. The van der Waals surface area contributed by atoms with Gasteiger partial charge in [-0.25, -0.2) is 0 Å². The molecule has 3 unspecified atom stereocenters. The van der Waals surface area contributed by atoms with Gasteiger partial charge in [-0.15, -0.1) is 0 Å². The Kier molecular flexibility index (Phi) is 6.67. The van der Waals surface area contributed by atoms with Gasteiger partial charge in [-0.3, -0.25) is 14.4 Å². The predicted molar refractivity (Wildman–Crippen MR) is 96.5 cm³/mol. The Morgan fingerprint density at radius 3 is 2.68 bits per heavy atom. The summed E-state index contributed by atoms with van der Waals surface area (Å²) >= 11 is 11.8. The van der Waals surface area contributed by atoms with Crippen LogP contribution in [0.5, 0.6) is 0 Å². The molecule has 0 bridgehead atoms. The summed E-state index contributed by atoms with van der Waals surface area (Å²) in [4.78, 5) is 35.8. The molecule has 0 radical (unpaired) electrons. The van der Waals surface area contributed by atoms with E-state index in [1.807, 2.05) is 6.92 Å². The van der Waals surface area contributed by atoms with Crippen LogP contribution in [0.25, 0.3) is 0 Å². The van der Waals surface area contributed by atoms with Crippen molar-refractivity contribution >= 4 is 40.9 Å². The van der Waals surface area contributed by atoms with Crippen LogP contribution in [0.3, 0.4) is 0 Å². The molecule has 8 heteroatoms. The monoisotopic (exact) mass is 385 g/mol. The van der Waals surface area contributed by atoms with Crippen LogP contribution in [0.1, 0.15) is 32.3 Å². The zero-order valence-electron chi connectivity index (χ0n) is 14.1. The SMILES string of the molecule is CC1CC(NC(=O)C(C)NC(=O)Cc2ccc(Cl)c(Cl)c2)CC(=O)N1. The highest BCUT2D eigenvalue weighted by atomic mass is 35.5. The summed E-state index contributed by atoms with van der Waals surface area (Å²) in [6, 6.07) is 4.06. The smallest absolute Gasteiger partial charge is 0.242 e. The molecule has 1 saturated heterocycles. The van der Waals surface area contributed by atoms with E-state index in [0.717, 1.165) is 0 Å². The zero-order valence-corrected chi connectivity index (χ0v) is 15.6. The molecule has 136 valence electrons. The van der Waals surface area contributed by atoms with Gasteiger partial charge in [0, 0.05) is 18.5 Å². The average Bonchev–Trinajstić information content (AvgIpc) is 2.49. The van der Waals surface area contributed by atoms with Crippen LogP contribution >= 0.6 is 23.2 Å². The van der Waals surface area contributed by atoms with Crippen molar-refractivity contribution in [2.24, 2.45) is 0 Å². The first-order chi connectivity index (χ1) is 11.7. The maximum absolute atomic E-state index is 12.2. The molecule has 0 saturated carbocycles. The van der Waals surface area contributed by atoms with Crippen LogP contribution in [0.15, 0.2) is 18.2 Å². The fraction of sp³-hybridized carbons (Fsp3) is 0.471. The Balaban J connectivity index is 1.84. The number of carbonyl (C=O) groups is 3. The summed E-state index contributed by atoms with van der Waals surface area (Å²) in [5.41, 5.74) is 0.706. The van der Waals surface area contributed by atoms with E-state index in [0.29, 0.717) is 22.0 Å². The molecule has 1 aromatic carbocycles. The summed E-state index contributed by atoms with van der Waals surface area (Å²) < 4.78 is 0. The van der Waals surface area contributed by atoms with Crippen molar-refractivity contribution in [3.8, 4) is 0 Å². The molecule has 6 nitrogen and oxygen atoms in total. The van der Waals surface area contributed by atoms with Gasteiger partial charge < -0.3 is 16.0 Å². The molecule has 0 aliphatic carbocycles. The van der Waals surface area contributed by atoms with E-state index < -0.39 is 6.04 Å². The van der Waals surface area contributed by atoms with Crippen LogP contribution in [0, 0.1) is 0 Å². The van der Waals surface area contributed by atoms with E-state index in [1.165, 1.54) is 0 Å². The molecule has 1 aliphatic rings. The van der Waals surface area contributed by atoms with E-state index in [9.17, 15) is 14.4 Å². The van der Waals surface area contributed by atoms with E-state index >= 15 is 0 Å². The van der Waals surface area contributed by atoms with E-state index in [-0.39, 0.29) is 42.6 Å². The minimum Gasteiger partial charge on any atom is -0.354 e. The Hall–Kier alpha value is -1.79. The van der Waals surface area contributed by atoms with Crippen molar-refractivity contribution in [2.45, 2.75) is 51.2 Å². The second-order valence-electron chi connectivity index (χ2n) is 6.33. The Labute approximate surface area is 156 Å². The summed E-state index contributed by atoms with van der Waals surface area (Å²) in [5.74, 6) is -0.689. The summed E-state index contributed by atoms with van der Waals surface area (Å²) in [5, 5.41) is 9.06. The molecule has 3 amide bonds. The Bertz CT molecular complexity index is 681. The lowest BCUT2D eigenvalue weighted by Crippen LogP contribution is -2.53. The second-order valence-corrected chi connectivity index (χ2v) is 7.14. The van der Waals surface area contributed by atoms with Gasteiger partial charge in [-0.05, 0) is 38.0 Å². The molecule has 1 aromatic rings. The maximum atomic E-state index is 12.2. The van der Waals surface area contributed by atoms with Gasteiger partial charge in [0.25, 0.3) is 0 Å². The van der Waals surface area contributed by atoms with Gasteiger partial charge in [0.1, 0.15) is 6.04 Å². The first kappa shape index (κ1) is 19.5. The molecule has 1 aliphatic heterocycles. The van der Waals surface area contributed by atoms with Gasteiger partial charge in [0.05, 0.1) is 16.5 Å². The second kappa shape index (κ2) is 8.54. The first-order valence-electron chi connectivity index (χ1n) is 8.07. The molecule has 25 heavy (non-hydrogen) atoms. The van der Waals surface area contributed by atoms with E-state index in [1.54, 1.807) is 25.1 Å². The van der Waals surface area contributed by atoms with Crippen LogP contribution in [-0.4, -0.2) is 35.8 Å². The standard InChI is InChI=1S/C17H21Cl2N3O3/c1-9-5-12(8-16(24)20-9)22-17(25)10(2)21-15(23)7-11-3-4-13(18)14(19)6-11/h3-4,6,9-10,12H,5,7-8H2,1-2H3,(H,20,24)(H,21,23)(H,22,25). The minimum atomic E-state index is -0.699. The summed E-state index contributed by atoms with van der Waals surface area (Å²) in [6.07, 6.45) is 1.01. The fourth-order valence-electron chi connectivity index (χ4n) is 2.76. The van der Waals surface area contributed by atoms with Gasteiger partial charge in [0.15, 0.2) is 0 Å². The van der Waals surface area contributed by atoms with Crippen molar-refractivity contribution in [2.75, 3.05) is 0 Å². The normalized spacial score (nSPS) is 21.2. The first-order valence-corrected chi connectivity index (χ1v) is 8.83. The number of benzene rings is 1. The number of halogens is 2. The number of hydrogen-bond acceptors (Lipinski definition) is 3. The molecule has 1 fully saturated rings. The topological polar surface area (TPSA) is 87.3 Å². The third-order valence-corrected chi connectivity index (χ3v) is 4.68. The number of hydrogen-bond donors (Lipinski definition) is 3. The highest BCUT2D eigenvalue weighted by molar-refractivity contribution is 6.42. The average molecular weight is 386 g/mol. The van der Waals surface area contributed by atoms with E-state index in [4.69, 9.17) is 23.2 Å². The van der Waals surface area contributed by atoms with E-state index in [2.05, 4.69) is 16.0 Å². The van der Waals surface area contributed by atoms with Crippen LogP contribution in [-0.2, 0) is 20.8 Å². The van der Waals surface area contributed by atoms with Crippen molar-refractivity contribution < 1.29 is 14.4 Å². The highest BCUT2D eigenvalue weighted by Gasteiger charge is 2.27. The molecule has 0 aromatic heterocycles. The Morgan fingerprint density at radius 2 is 2.04 bits per heavy atom. The van der Waals surface area contributed by atoms with Gasteiger partial charge >= 0.3 is 0 Å². The Morgan fingerprint density at radius 1 is 1.32 bits per heavy atom. The third kappa shape index (κ3) is 5.90. The highest BCUT2D eigenvalue weighted by Crippen LogP contribution is 2.22. The number of rotatable bonds is 5. The van der Waals surface area contributed by atoms with Crippen molar-refractivity contribution in [1.82, 2.24) is 16.0 Å². The minimum absolute atomic E-state index is 0.0195. The maximum Gasteiger partial charge on any atom is 0.242 e. The quantitative estimate of drug-likeness (QED) is 0.722. The lowest BCUT2D eigenvalue weighted by Gasteiger charge is -2.29. The zero-order chi connectivity index (χ0) is 18.6. The third-order valence-electron chi connectivity index (χ3n) is 3.94. The fourth-order valence-corrected chi connectivity index (χ4v) is 3.08. The van der Waals surface area contributed by atoms with Crippen molar-refractivity contribution in [1.29, 1.82) is 0 Å². The lowest BCUT2D eigenvalue weighted by molar-refractivity contribution is -0.130. The summed E-state index contributed by atoms with van der Waals surface area (Å²) in [7, 11) is 0. The predicted octanol–water partition coefficient (Wildman–Crippen LogP) is 1.82. The van der Waals surface area contributed by atoms with Crippen molar-refractivity contribution in [3.63, 3.8) is 0 Å².